The highest BCUT2D eigenvalue weighted by Gasteiger charge is 2.08. The third kappa shape index (κ3) is 2.25. The van der Waals surface area contributed by atoms with Crippen LogP contribution in [0.4, 0.5) is 0 Å². The Morgan fingerprint density at radius 2 is 1.56 bits per heavy atom. The molecular weight excluding hydrogens is 334 g/mol. The van der Waals surface area contributed by atoms with E-state index in [1.165, 1.54) is 16.6 Å². The molecule has 0 bridgehead atoms. The molecule has 0 spiro atoms. The van der Waals surface area contributed by atoms with Gasteiger partial charge in [-0.05, 0) is 42.5 Å². The van der Waals surface area contributed by atoms with Crippen molar-refractivity contribution < 1.29 is 0 Å². The zero-order valence-electron chi connectivity index (χ0n) is 14.4. The minimum absolute atomic E-state index is 0.934. The van der Waals surface area contributed by atoms with Crippen LogP contribution in [0.5, 0.6) is 0 Å². The Bertz CT molecular complexity index is 1400. The summed E-state index contributed by atoms with van der Waals surface area (Å²) in [7, 11) is 0. The maximum absolute atomic E-state index is 4.78. The van der Waals surface area contributed by atoms with E-state index in [4.69, 9.17) is 4.98 Å². The molecule has 0 saturated carbocycles. The first-order chi connectivity index (χ1) is 13.3. The number of fused-ring (bicyclic) bond motifs is 3. The molecule has 6 rings (SSSR count). The summed E-state index contributed by atoms with van der Waals surface area (Å²) in [5.41, 5.74) is 7.57. The van der Waals surface area contributed by atoms with Crippen molar-refractivity contribution in [3.05, 3.63) is 92.0 Å². The van der Waals surface area contributed by atoms with Gasteiger partial charge in [0.25, 0.3) is 0 Å². The molecule has 128 valence electrons. The first-order valence-corrected chi connectivity index (χ1v) is 8.81. The van der Waals surface area contributed by atoms with Crippen LogP contribution in [0.3, 0.4) is 0 Å². The average molecular weight is 349 g/mol. The van der Waals surface area contributed by atoms with Gasteiger partial charge in [0.2, 0.25) is 0 Å². The number of imidazole rings is 2. The summed E-state index contributed by atoms with van der Waals surface area (Å²) >= 11 is 0. The average Bonchev–Trinajstić information content (AvgIpc) is 3.42. The summed E-state index contributed by atoms with van der Waals surface area (Å²) in [6.07, 6.45) is 14.2. The van der Waals surface area contributed by atoms with Crippen LogP contribution in [0.25, 0.3) is 39.1 Å². The lowest BCUT2D eigenvalue weighted by atomic mass is 10.1. The molecule has 27 heavy (non-hydrogen) atoms. The van der Waals surface area contributed by atoms with E-state index in [9.17, 15) is 0 Å². The molecule has 0 atom stereocenters. The Labute approximate surface area is 154 Å². The number of hydrogen-bond acceptors (Lipinski definition) is 2. The predicted octanol–water partition coefficient (Wildman–Crippen LogP) is 4.57. The molecule has 0 aliphatic carbocycles. The standard InChI is InChI=1S/C22H15N5/c1-2-8-25-13-18(9-19(25)3-1)16-5-7-22-24-21(14-26(22)11-16)17-4-6-20-10-23-15-27(20)12-17/h1-15H. The molecule has 6 heterocycles. The molecule has 0 aromatic carbocycles. The largest absolute Gasteiger partial charge is 0.323 e. The van der Waals surface area contributed by atoms with Crippen molar-refractivity contribution in [1.82, 2.24) is 23.2 Å². The molecule has 0 fully saturated rings. The van der Waals surface area contributed by atoms with E-state index in [1.54, 1.807) is 0 Å². The van der Waals surface area contributed by atoms with Crippen LogP contribution >= 0.6 is 0 Å². The molecule has 6 aromatic rings. The number of rotatable bonds is 2. The molecule has 0 unspecified atom stereocenters. The van der Waals surface area contributed by atoms with Crippen LogP contribution in [0.1, 0.15) is 0 Å². The van der Waals surface area contributed by atoms with Gasteiger partial charge in [-0.2, -0.15) is 0 Å². The van der Waals surface area contributed by atoms with Crippen LogP contribution in [-0.2, 0) is 0 Å². The summed E-state index contributed by atoms with van der Waals surface area (Å²) in [5, 5.41) is 0. The quantitative estimate of drug-likeness (QED) is 0.459. The fraction of sp³-hybridized carbons (Fsp3) is 0. The maximum Gasteiger partial charge on any atom is 0.137 e. The minimum atomic E-state index is 0.934. The zero-order chi connectivity index (χ0) is 17.8. The monoisotopic (exact) mass is 349 g/mol. The lowest BCUT2D eigenvalue weighted by molar-refractivity contribution is 1.15. The third-order valence-electron chi connectivity index (χ3n) is 4.99. The first-order valence-electron chi connectivity index (χ1n) is 8.81. The summed E-state index contributed by atoms with van der Waals surface area (Å²) in [4.78, 5) is 8.95. The molecule has 0 aliphatic heterocycles. The molecule has 0 N–H and O–H groups in total. The second-order valence-corrected chi connectivity index (χ2v) is 6.71. The molecule has 5 heteroatoms. The van der Waals surface area contributed by atoms with Crippen molar-refractivity contribution in [2.75, 3.05) is 0 Å². The Morgan fingerprint density at radius 3 is 2.52 bits per heavy atom. The Kier molecular flexibility index (Phi) is 2.82. The van der Waals surface area contributed by atoms with E-state index in [0.29, 0.717) is 0 Å². The zero-order valence-corrected chi connectivity index (χ0v) is 14.4. The van der Waals surface area contributed by atoms with E-state index in [-0.39, 0.29) is 0 Å². The number of pyridine rings is 3. The van der Waals surface area contributed by atoms with Crippen LogP contribution in [0, 0.1) is 0 Å². The van der Waals surface area contributed by atoms with Crippen molar-refractivity contribution in [1.29, 1.82) is 0 Å². The van der Waals surface area contributed by atoms with E-state index in [1.807, 2.05) is 23.0 Å². The highest BCUT2D eigenvalue weighted by atomic mass is 15.0. The second-order valence-electron chi connectivity index (χ2n) is 6.71. The SMILES string of the molecule is c1ccn2cc(-c3ccc4nc(-c5ccc6cncn6c5)cn4c3)cc2c1. The van der Waals surface area contributed by atoms with Gasteiger partial charge in [0.05, 0.1) is 23.7 Å². The Balaban J connectivity index is 1.46. The third-order valence-corrected chi connectivity index (χ3v) is 4.99. The van der Waals surface area contributed by atoms with E-state index >= 15 is 0 Å². The first kappa shape index (κ1) is 14.3. The van der Waals surface area contributed by atoms with Crippen molar-refractivity contribution in [2.45, 2.75) is 0 Å². The van der Waals surface area contributed by atoms with Crippen LogP contribution in [0.2, 0.25) is 0 Å². The molecule has 0 aliphatic rings. The van der Waals surface area contributed by atoms with Crippen molar-refractivity contribution in [3.8, 4) is 22.4 Å². The van der Waals surface area contributed by atoms with Gasteiger partial charge in [0.15, 0.2) is 0 Å². The number of nitrogens with zero attached hydrogens (tertiary/aromatic N) is 5. The van der Waals surface area contributed by atoms with E-state index < -0.39 is 0 Å². The molecule has 0 radical (unpaired) electrons. The molecule has 6 aromatic heterocycles. The summed E-state index contributed by atoms with van der Waals surface area (Å²) in [5.74, 6) is 0. The highest BCUT2D eigenvalue weighted by molar-refractivity contribution is 5.72. The fourth-order valence-corrected chi connectivity index (χ4v) is 3.59. The summed E-state index contributed by atoms with van der Waals surface area (Å²) in [6.45, 7) is 0. The van der Waals surface area contributed by atoms with Crippen LogP contribution < -0.4 is 0 Å². The highest BCUT2D eigenvalue weighted by Crippen LogP contribution is 2.25. The molecule has 0 saturated heterocycles. The minimum Gasteiger partial charge on any atom is -0.323 e. The Hall–Kier alpha value is -3.86. The Morgan fingerprint density at radius 1 is 0.667 bits per heavy atom. The van der Waals surface area contributed by atoms with Gasteiger partial charge < -0.3 is 13.2 Å². The van der Waals surface area contributed by atoms with Gasteiger partial charge in [-0.25, -0.2) is 9.97 Å². The summed E-state index contributed by atoms with van der Waals surface area (Å²) < 4.78 is 6.24. The van der Waals surface area contributed by atoms with Gasteiger partial charge in [0.1, 0.15) is 5.65 Å². The number of aromatic nitrogens is 5. The van der Waals surface area contributed by atoms with Gasteiger partial charge >= 0.3 is 0 Å². The van der Waals surface area contributed by atoms with Gasteiger partial charge in [-0.3, -0.25) is 0 Å². The van der Waals surface area contributed by atoms with Gasteiger partial charge in [-0.1, -0.05) is 6.07 Å². The van der Waals surface area contributed by atoms with Gasteiger partial charge in [-0.15, -0.1) is 0 Å². The number of hydrogen-bond donors (Lipinski definition) is 0. The van der Waals surface area contributed by atoms with Crippen LogP contribution in [-0.4, -0.2) is 23.2 Å². The maximum atomic E-state index is 4.78. The lowest BCUT2D eigenvalue weighted by Gasteiger charge is -1.99. The van der Waals surface area contributed by atoms with Crippen molar-refractivity contribution in [3.63, 3.8) is 0 Å². The van der Waals surface area contributed by atoms with E-state index in [0.717, 1.165) is 22.4 Å². The lowest BCUT2D eigenvalue weighted by Crippen LogP contribution is -1.84. The normalized spacial score (nSPS) is 11.7. The molecule has 0 amide bonds. The van der Waals surface area contributed by atoms with Gasteiger partial charge in [0, 0.05) is 53.2 Å². The molecular formula is C22H15N5. The topological polar surface area (TPSA) is 39.0 Å². The molecule has 5 nitrogen and oxygen atoms in total. The predicted molar refractivity (Wildman–Crippen MR) is 106 cm³/mol. The second kappa shape index (κ2) is 5.32. The van der Waals surface area contributed by atoms with Crippen LogP contribution in [0.15, 0.2) is 92.0 Å². The fourth-order valence-electron chi connectivity index (χ4n) is 3.59. The smallest absolute Gasteiger partial charge is 0.137 e. The van der Waals surface area contributed by atoms with E-state index in [2.05, 4.69) is 87.2 Å². The van der Waals surface area contributed by atoms with Crippen molar-refractivity contribution >= 4 is 16.7 Å². The summed E-state index contributed by atoms with van der Waals surface area (Å²) in [6, 6.07) is 16.7. The van der Waals surface area contributed by atoms with Crippen molar-refractivity contribution in [2.24, 2.45) is 0 Å².